The van der Waals surface area contributed by atoms with Crippen molar-refractivity contribution in [2.45, 2.75) is 13.3 Å². The van der Waals surface area contributed by atoms with Crippen LogP contribution in [0.1, 0.15) is 13.3 Å². The average molecular weight is 247 g/mol. The molecule has 6 heteroatoms. The van der Waals surface area contributed by atoms with E-state index in [0.717, 1.165) is 0 Å². The first-order chi connectivity index (χ1) is 7.19. The molecule has 1 rings (SSSR count). The Morgan fingerprint density at radius 2 is 2.47 bits per heavy atom. The highest BCUT2D eigenvalue weighted by Crippen LogP contribution is 2.20. The van der Waals surface area contributed by atoms with Gasteiger partial charge in [0.15, 0.2) is 5.17 Å². The predicted molar refractivity (Wildman–Crippen MR) is 63.6 cm³/mol. The summed E-state index contributed by atoms with van der Waals surface area (Å²) in [6.45, 7) is 2.07. The lowest BCUT2D eigenvalue weighted by molar-refractivity contribution is -0.138. The van der Waals surface area contributed by atoms with Crippen molar-refractivity contribution in [3.05, 3.63) is 10.7 Å². The molecule has 82 valence electrons. The molecular weight excluding hydrogens is 236 g/mol. The molecule has 0 aromatic rings. The van der Waals surface area contributed by atoms with Crippen LogP contribution in [0.5, 0.6) is 0 Å². The van der Waals surface area contributed by atoms with Crippen molar-refractivity contribution < 1.29 is 9.53 Å². The number of amidine groups is 1. The van der Waals surface area contributed by atoms with Gasteiger partial charge in [-0.1, -0.05) is 23.4 Å². The number of hydrogen-bond donors (Lipinski definition) is 0. The summed E-state index contributed by atoms with van der Waals surface area (Å²) in [6.07, 6.45) is 3.80. The van der Waals surface area contributed by atoms with Crippen molar-refractivity contribution in [2.75, 3.05) is 12.9 Å². The maximum Gasteiger partial charge on any atom is 0.337 e. The van der Waals surface area contributed by atoms with Crippen LogP contribution in [-0.2, 0) is 9.53 Å². The van der Waals surface area contributed by atoms with E-state index in [1.807, 2.05) is 6.26 Å². The Kier molecular flexibility index (Phi) is 4.84. The zero-order valence-electron chi connectivity index (χ0n) is 8.49. The van der Waals surface area contributed by atoms with Gasteiger partial charge in [-0.15, -0.1) is 0 Å². The number of thioether (sulfide) groups is 1. The highest BCUT2D eigenvalue weighted by Gasteiger charge is 2.16. The minimum Gasteiger partial charge on any atom is -0.463 e. The molecule has 0 aliphatic carbocycles. The molecule has 0 unspecified atom stereocenters. The third kappa shape index (κ3) is 3.35. The molecule has 0 aromatic carbocycles. The van der Waals surface area contributed by atoms with Crippen molar-refractivity contribution >= 4 is 40.7 Å². The first kappa shape index (κ1) is 12.3. The van der Waals surface area contributed by atoms with Gasteiger partial charge in [0.1, 0.15) is 5.16 Å². The second-order valence-electron chi connectivity index (χ2n) is 2.60. The summed E-state index contributed by atoms with van der Waals surface area (Å²) in [4.78, 5) is 19.5. The summed E-state index contributed by atoms with van der Waals surface area (Å²) in [6, 6.07) is 0. The summed E-state index contributed by atoms with van der Waals surface area (Å²) >= 11 is 7.26. The maximum absolute atomic E-state index is 11.5. The van der Waals surface area contributed by atoms with Crippen molar-refractivity contribution in [3.63, 3.8) is 0 Å². The Morgan fingerprint density at radius 3 is 3.07 bits per heavy atom. The Hall–Kier alpha value is -0.810. The van der Waals surface area contributed by atoms with E-state index in [0.29, 0.717) is 23.8 Å². The number of carbonyl (C=O) groups is 1. The summed E-state index contributed by atoms with van der Waals surface area (Å²) in [5, 5.41) is 0.703. The molecule has 0 N–H and O–H groups in total. The van der Waals surface area contributed by atoms with Gasteiger partial charge in [0.25, 0.3) is 0 Å². The fraction of sp³-hybridized carbons (Fsp3) is 0.444. The Morgan fingerprint density at radius 1 is 1.73 bits per heavy atom. The molecule has 0 saturated carbocycles. The third-order valence-corrected chi connectivity index (χ3v) is 2.52. The van der Waals surface area contributed by atoms with Crippen LogP contribution in [0.15, 0.2) is 20.7 Å². The third-order valence-electron chi connectivity index (χ3n) is 1.64. The minimum absolute atomic E-state index is 0.162. The van der Waals surface area contributed by atoms with E-state index in [1.54, 1.807) is 13.1 Å². The molecule has 15 heavy (non-hydrogen) atoms. The smallest absolute Gasteiger partial charge is 0.337 e. The SMILES string of the molecule is CCOC(=O)C1=C(Cl)N=C(SC)N=CC1. The number of rotatable bonds is 2. The minimum atomic E-state index is -0.431. The molecule has 0 bridgehead atoms. The van der Waals surface area contributed by atoms with Crippen LogP contribution >= 0.6 is 23.4 Å². The Labute approximate surface area is 97.5 Å². The first-order valence-corrected chi connectivity index (χ1v) is 6.00. The zero-order chi connectivity index (χ0) is 11.3. The highest BCUT2D eigenvalue weighted by molar-refractivity contribution is 8.13. The van der Waals surface area contributed by atoms with Crippen LogP contribution in [0, 0.1) is 0 Å². The molecule has 0 aromatic heterocycles. The van der Waals surface area contributed by atoms with E-state index in [9.17, 15) is 4.79 Å². The number of esters is 1. The van der Waals surface area contributed by atoms with Gasteiger partial charge in [0.2, 0.25) is 0 Å². The first-order valence-electron chi connectivity index (χ1n) is 4.40. The zero-order valence-corrected chi connectivity index (χ0v) is 10.1. The van der Waals surface area contributed by atoms with E-state index in [2.05, 4.69) is 9.98 Å². The molecule has 1 aliphatic rings. The quantitative estimate of drug-likeness (QED) is 0.554. The number of hydrogen-bond acceptors (Lipinski definition) is 5. The molecule has 1 aliphatic heterocycles. The van der Waals surface area contributed by atoms with Crippen LogP contribution in [-0.4, -0.2) is 30.2 Å². The standard InChI is InChI=1S/C9H11ClN2O2S/c1-3-14-8(13)6-4-5-11-9(15-2)12-7(6)10/h5H,3-4H2,1-2H3. The van der Waals surface area contributed by atoms with Gasteiger partial charge >= 0.3 is 5.97 Å². The fourth-order valence-electron chi connectivity index (χ4n) is 0.964. The van der Waals surface area contributed by atoms with Gasteiger partial charge in [-0.2, -0.15) is 0 Å². The monoisotopic (exact) mass is 246 g/mol. The van der Waals surface area contributed by atoms with Gasteiger partial charge in [0.05, 0.1) is 12.2 Å². The van der Waals surface area contributed by atoms with Crippen molar-refractivity contribution in [3.8, 4) is 0 Å². The number of carbonyl (C=O) groups excluding carboxylic acids is 1. The summed E-state index contributed by atoms with van der Waals surface area (Å²) < 4.78 is 4.86. The van der Waals surface area contributed by atoms with E-state index < -0.39 is 5.97 Å². The van der Waals surface area contributed by atoms with Gasteiger partial charge in [-0.25, -0.2) is 14.8 Å². The lowest BCUT2D eigenvalue weighted by atomic mass is 10.2. The van der Waals surface area contributed by atoms with Crippen molar-refractivity contribution in [1.82, 2.24) is 0 Å². The van der Waals surface area contributed by atoms with Crippen molar-refractivity contribution in [1.29, 1.82) is 0 Å². The average Bonchev–Trinajstić information content (AvgIpc) is 2.40. The van der Waals surface area contributed by atoms with Gasteiger partial charge < -0.3 is 4.74 Å². The van der Waals surface area contributed by atoms with Crippen LogP contribution in [0.3, 0.4) is 0 Å². The van der Waals surface area contributed by atoms with Gasteiger partial charge in [0, 0.05) is 12.6 Å². The van der Waals surface area contributed by atoms with Gasteiger partial charge in [-0.3, -0.25) is 0 Å². The van der Waals surface area contributed by atoms with E-state index >= 15 is 0 Å². The van der Waals surface area contributed by atoms with Crippen LogP contribution in [0.25, 0.3) is 0 Å². The largest absolute Gasteiger partial charge is 0.463 e. The van der Waals surface area contributed by atoms with Gasteiger partial charge in [-0.05, 0) is 13.2 Å². The molecule has 0 saturated heterocycles. The molecular formula is C9H11ClN2O2S. The topological polar surface area (TPSA) is 51.0 Å². The molecule has 0 amide bonds. The second-order valence-corrected chi connectivity index (χ2v) is 3.74. The van der Waals surface area contributed by atoms with E-state index in [-0.39, 0.29) is 5.16 Å². The Bertz CT molecular complexity index is 350. The molecule has 0 spiro atoms. The molecule has 0 radical (unpaired) electrons. The predicted octanol–water partition coefficient (Wildman–Crippen LogP) is 2.19. The number of halogens is 1. The Balaban J connectivity index is 2.93. The maximum atomic E-state index is 11.5. The lowest BCUT2D eigenvalue weighted by Crippen LogP contribution is -2.08. The summed E-state index contributed by atoms with van der Waals surface area (Å²) in [5.74, 6) is -0.431. The summed E-state index contributed by atoms with van der Waals surface area (Å²) in [5.41, 5.74) is 0.353. The molecule has 0 fully saturated rings. The fourth-order valence-corrected chi connectivity index (χ4v) is 1.61. The molecule has 4 nitrogen and oxygen atoms in total. The number of ether oxygens (including phenoxy) is 1. The second kappa shape index (κ2) is 5.92. The number of nitrogens with zero attached hydrogens (tertiary/aromatic N) is 2. The normalized spacial score (nSPS) is 16.1. The molecule has 1 heterocycles. The summed E-state index contributed by atoms with van der Waals surface area (Å²) in [7, 11) is 0. The van der Waals surface area contributed by atoms with Crippen molar-refractivity contribution in [2.24, 2.45) is 9.98 Å². The highest BCUT2D eigenvalue weighted by atomic mass is 35.5. The van der Waals surface area contributed by atoms with Crippen LogP contribution in [0.2, 0.25) is 0 Å². The van der Waals surface area contributed by atoms with E-state index in [1.165, 1.54) is 11.8 Å². The lowest BCUT2D eigenvalue weighted by Gasteiger charge is -2.03. The molecule has 0 atom stereocenters. The van der Waals surface area contributed by atoms with E-state index in [4.69, 9.17) is 16.3 Å². The van der Waals surface area contributed by atoms with Crippen LogP contribution < -0.4 is 0 Å². The number of aliphatic imine (C=N–C) groups is 2. The van der Waals surface area contributed by atoms with Crippen LogP contribution in [0.4, 0.5) is 0 Å².